The molecule has 2 rings (SSSR count). The third-order valence-corrected chi connectivity index (χ3v) is 4.46. The second kappa shape index (κ2) is 7.97. The highest BCUT2D eigenvalue weighted by atomic mass is 16.2. The van der Waals surface area contributed by atoms with E-state index in [2.05, 4.69) is 10.6 Å². The average Bonchev–Trinajstić information content (AvgIpc) is 3.02. The van der Waals surface area contributed by atoms with Gasteiger partial charge in [0.2, 0.25) is 5.91 Å². The Kier molecular flexibility index (Phi) is 5.99. The molecule has 1 aromatic carbocycles. The Balaban J connectivity index is 1.91. The summed E-state index contributed by atoms with van der Waals surface area (Å²) in [4.78, 5) is 24.2. The highest BCUT2D eigenvalue weighted by Gasteiger charge is 2.18. The van der Waals surface area contributed by atoms with Crippen molar-refractivity contribution in [2.45, 2.75) is 58.4 Å². The molecule has 2 N–H and O–H groups in total. The van der Waals surface area contributed by atoms with Crippen molar-refractivity contribution < 1.29 is 9.59 Å². The lowest BCUT2D eigenvalue weighted by Gasteiger charge is -2.14. The molecule has 1 saturated carbocycles. The molecule has 1 aliphatic rings. The van der Waals surface area contributed by atoms with Crippen LogP contribution in [0.1, 0.15) is 62.7 Å². The maximum atomic E-state index is 12.1. The summed E-state index contributed by atoms with van der Waals surface area (Å²) in [5.74, 6) is 0.0725. The lowest BCUT2D eigenvalue weighted by Crippen LogP contribution is -2.32. The van der Waals surface area contributed by atoms with E-state index in [-0.39, 0.29) is 17.7 Å². The molecule has 0 saturated heterocycles. The van der Waals surface area contributed by atoms with E-state index in [1.807, 2.05) is 13.8 Å². The molecule has 120 valence electrons. The largest absolute Gasteiger partial charge is 0.349 e. The fourth-order valence-electron chi connectivity index (χ4n) is 2.95. The van der Waals surface area contributed by atoms with Crippen LogP contribution in [-0.2, 0) is 4.79 Å². The quantitative estimate of drug-likeness (QED) is 0.841. The number of hydrogen-bond donors (Lipinski definition) is 2. The minimum absolute atomic E-state index is 0.0234. The van der Waals surface area contributed by atoms with Crippen molar-refractivity contribution in [1.82, 2.24) is 5.32 Å². The van der Waals surface area contributed by atoms with Crippen LogP contribution in [0, 0.1) is 5.92 Å². The third-order valence-electron chi connectivity index (χ3n) is 4.46. The second-order valence-corrected chi connectivity index (χ2v) is 6.03. The van der Waals surface area contributed by atoms with Crippen LogP contribution in [0.4, 0.5) is 5.69 Å². The van der Waals surface area contributed by atoms with Crippen molar-refractivity contribution in [2.75, 3.05) is 5.32 Å². The van der Waals surface area contributed by atoms with E-state index >= 15 is 0 Å². The van der Waals surface area contributed by atoms with E-state index in [1.165, 1.54) is 12.8 Å². The summed E-state index contributed by atoms with van der Waals surface area (Å²) in [6.07, 6.45) is 6.23. The van der Waals surface area contributed by atoms with Crippen LogP contribution < -0.4 is 10.6 Å². The predicted molar refractivity (Wildman–Crippen MR) is 88.9 cm³/mol. The molecule has 1 aromatic rings. The van der Waals surface area contributed by atoms with Gasteiger partial charge in [0.25, 0.3) is 5.91 Å². The van der Waals surface area contributed by atoms with Gasteiger partial charge in [0.15, 0.2) is 0 Å². The fourth-order valence-corrected chi connectivity index (χ4v) is 2.95. The molecule has 0 radical (unpaired) electrons. The molecule has 0 unspecified atom stereocenters. The van der Waals surface area contributed by atoms with Gasteiger partial charge in [-0.15, -0.1) is 0 Å². The molecule has 0 bridgehead atoms. The summed E-state index contributed by atoms with van der Waals surface area (Å²) in [6.45, 7) is 4.04. The predicted octanol–water partition coefficient (Wildman–Crippen LogP) is 3.73. The minimum atomic E-state index is -0.0234. The molecule has 2 amide bonds. The smallest absolute Gasteiger partial charge is 0.251 e. The number of rotatable bonds is 6. The Morgan fingerprint density at radius 1 is 1.09 bits per heavy atom. The molecule has 4 heteroatoms. The van der Waals surface area contributed by atoms with Crippen LogP contribution in [0.25, 0.3) is 0 Å². The van der Waals surface area contributed by atoms with Gasteiger partial charge >= 0.3 is 0 Å². The Bertz CT molecular complexity index is 500. The maximum Gasteiger partial charge on any atom is 0.251 e. The second-order valence-electron chi connectivity index (χ2n) is 6.03. The number of nitrogens with one attached hydrogen (secondary N) is 2. The highest BCUT2D eigenvalue weighted by molar-refractivity contribution is 5.96. The summed E-state index contributed by atoms with van der Waals surface area (Å²) in [7, 11) is 0. The van der Waals surface area contributed by atoms with E-state index in [0.29, 0.717) is 11.6 Å². The number of amides is 2. The maximum absolute atomic E-state index is 12.1. The number of hydrogen-bond acceptors (Lipinski definition) is 2. The molecule has 4 nitrogen and oxygen atoms in total. The van der Waals surface area contributed by atoms with Gasteiger partial charge in [-0.05, 0) is 49.9 Å². The van der Waals surface area contributed by atoms with Gasteiger partial charge < -0.3 is 10.6 Å². The van der Waals surface area contributed by atoms with Gasteiger partial charge in [-0.25, -0.2) is 0 Å². The van der Waals surface area contributed by atoms with Crippen LogP contribution >= 0.6 is 0 Å². The van der Waals surface area contributed by atoms with Gasteiger partial charge in [-0.2, -0.15) is 0 Å². The standard InChI is InChI=1S/C18H26N2O2/c1-3-13(4-2)17(21)20-16-11-9-14(10-12-16)18(22)19-15-7-5-6-8-15/h9-13,15H,3-8H2,1-2H3,(H,19,22)(H,20,21). The topological polar surface area (TPSA) is 58.2 Å². The van der Waals surface area contributed by atoms with Gasteiger partial charge in [0.05, 0.1) is 0 Å². The van der Waals surface area contributed by atoms with Crippen LogP contribution in [0.5, 0.6) is 0 Å². The fraction of sp³-hybridized carbons (Fsp3) is 0.556. The summed E-state index contributed by atoms with van der Waals surface area (Å²) >= 11 is 0. The zero-order valence-electron chi connectivity index (χ0n) is 13.5. The van der Waals surface area contributed by atoms with E-state index < -0.39 is 0 Å². The van der Waals surface area contributed by atoms with Crippen molar-refractivity contribution in [1.29, 1.82) is 0 Å². The van der Waals surface area contributed by atoms with E-state index in [0.717, 1.165) is 31.4 Å². The van der Waals surface area contributed by atoms with Gasteiger partial charge in [-0.3, -0.25) is 9.59 Å². The Morgan fingerprint density at radius 2 is 1.68 bits per heavy atom. The third kappa shape index (κ3) is 4.33. The summed E-state index contributed by atoms with van der Waals surface area (Å²) in [6, 6.07) is 7.45. The molecular weight excluding hydrogens is 276 g/mol. The van der Waals surface area contributed by atoms with Crippen molar-refractivity contribution in [3.63, 3.8) is 0 Å². The Morgan fingerprint density at radius 3 is 2.23 bits per heavy atom. The van der Waals surface area contributed by atoms with Crippen LogP contribution in [0.15, 0.2) is 24.3 Å². The zero-order chi connectivity index (χ0) is 15.9. The lowest BCUT2D eigenvalue weighted by atomic mass is 10.0. The number of benzene rings is 1. The molecule has 0 spiro atoms. The van der Waals surface area contributed by atoms with Gasteiger partial charge in [0.1, 0.15) is 0 Å². The normalized spacial score (nSPS) is 15.0. The Labute approximate surface area is 132 Å². The molecule has 0 heterocycles. The molecule has 0 aliphatic heterocycles. The van der Waals surface area contributed by atoms with Crippen molar-refractivity contribution >= 4 is 17.5 Å². The van der Waals surface area contributed by atoms with Gasteiger partial charge in [-0.1, -0.05) is 26.7 Å². The Hall–Kier alpha value is -1.84. The first-order chi connectivity index (χ1) is 10.6. The number of carbonyl (C=O) groups excluding carboxylic acids is 2. The SMILES string of the molecule is CCC(CC)C(=O)Nc1ccc(C(=O)NC2CCCC2)cc1. The minimum Gasteiger partial charge on any atom is -0.349 e. The lowest BCUT2D eigenvalue weighted by molar-refractivity contribution is -0.120. The average molecular weight is 302 g/mol. The first kappa shape index (κ1) is 16.5. The first-order valence-electron chi connectivity index (χ1n) is 8.35. The van der Waals surface area contributed by atoms with Crippen LogP contribution in [0.2, 0.25) is 0 Å². The zero-order valence-corrected chi connectivity index (χ0v) is 13.5. The first-order valence-corrected chi connectivity index (χ1v) is 8.35. The van der Waals surface area contributed by atoms with Gasteiger partial charge in [0, 0.05) is 23.2 Å². The monoisotopic (exact) mass is 302 g/mol. The molecule has 0 aromatic heterocycles. The number of carbonyl (C=O) groups is 2. The molecule has 1 aliphatic carbocycles. The highest BCUT2D eigenvalue weighted by Crippen LogP contribution is 2.19. The van der Waals surface area contributed by atoms with Crippen molar-refractivity contribution in [3.05, 3.63) is 29.8 Å². The van der Waals surface area contributed by atoms with Crippen LogP contribution in [-0.4, -0.2) is 17.9 Å². The summed E-state index contributed by atoms with van der Waals surface area (Å²) < 4.78 is 0. The molecule has 0 atom stereocenters. The van der Waals surface area contributed by atoms with E-state index in [1.54, 1.807) is 24.3 Å². The molecule has 22 heavy (non-hydrogen) atoms. The van der Waals surface area contributed by atoms with Crippen molar-refractivity contribution in [3.8, 4) is 0 Å². The van der Waals surface area contributed by atoms with E-state index in [4.69, 9.17) is 0 Å². The van der Waals surface area contributed by atoms with Crippen molar-refractivity contribution in [2.24, 2.45) is 5.92 Å². The van der Waals surface area contributed by atoms with E-state index in [9.17, 15) is 9.59 Å². The molecule has 1 fully saturated rings. The van der Waals surface area contributed by atoms with Crippen LogP contribution in [0.3, 0.4) is 0 Å². The summed E-state index contributed by atoms with van der Waals surface area (Å²) in [5, 5.41) is 5.98. The number of anilines is 1. The summed E-state index contributed by atoms with van der Waals surface area (Å²) in [5.41, 5.74) is 1.39. The molecular formula is C18H26N2O2.